The van der Waals surface area contributed by atoms with Gasteiger partial charge in [0.25, 0.3) is 0 Å². The third kappa shape index (κ3) is 3.19. The van der Waals surface area contributed by atoms with Gasteiger partial charge in [-0.15, -0.1) is 0 Å². The number of nitrogens with zero attached hydrogens (tertiary/aromatic N) is 1. The van der Waals surface area contributed by atoms with Crippen molar-refractivity contribution in [3.8, 4) is 5.75 Å². The Morgan fingerprint density at radius 1 is 1.08 bits per heavy atom. The molecule has 3 aromatic rings. The molecule has 0 aliphatic heterocycles. The summed E-state index contributed by atoms with van der Waals surface area (Å²) in [5.74, 6) is 1.05. The lowest BCUT2D eigenvalue weighted by Crippen LogP contribution is -2.19. The largest absolute Gasteiger partial charge is 0.497 e. The normalized spacial score (nSPS) is 10.4. The number of nitrogens with one attached hydrogen (secondary N) is 3. The zero-order chi connectivity index (χ0) is 17.1. The number of carbonyl (C=O) groups is 2. The lowest BCUT2D eigenvalue weighted by molar-refractivity contribution is 0.101. The number of hydrogen-bond acceptors (Lipinski definition) is 4. The summed E-state index contributed by atoms with van der Waals surface area (Å²) in [6.45, 7) is 1.49. The molecule has 1 aromatic heterocycles. The van der Waals surface area contributed by atoms with E-state index < -0.39 is 6.03 Å². The molecule has 0 unspecified atom stereocenters. The number of urea groups is 1. The van der Waals surface area contributed by atoms with Gasteiger partial charge in [-0.05, 0) is 49.4 Å². The fourth-order valence-corrected chi connectivity index (χ4v) is 2.27. The summed E-state index contributed by atoms with van der Waals surface area (Å²) in [5.41, 5.74) is 1.96. The maximum absolute atomic E-state index is 12.1. The molecule has 0 fully saturated rings. The van der Waals surface area contributed by atoms with Gasteiger partial charge in [0, 0.05) is 16.6 Å². The van der Waals surface area contributed by atoms with Crippen molar-refractivity contribution >= 4 is 34.2 Å². The smallest absolute Gasteiger partial charge is 0.324 e. The minimum absolute atomic E-state index is 0.0251. The Bertz CT molecular complexity index is 900. The van der Waals surface area contributed by atoms with Crippen molar-refractivity contribution < 1.29 is 14.3 Å². The molecular weight excluding hydrogens is 308 g/mol. The zero-order valence-corrected chi connectivity index (χ0v) is 13.2. The second kappa shape index (κ2) is 6.41. The summed E-state index contributed by atoms with van der Waals surface area (Å²) in [4.78, 5) is 23.4. The van der Waals surface area contributed by atoms with E-state index in [4.69, 9.17) is 4.74 Å². The highest BCUT2D eigenvalue weighted by Crippen LogP contribution is 2.25. The molecule has 7 heteroatoms. The van der Waals surface area contributed by atoms with Crippen molar-refractivity contribution in [3.63, 3.8) is 0 Å². The minimum atomic E-state index is -0.429. The van der Waals surface area contributed by atoms with E-state index in [0.29, 0.717) is 22.8 Å². The number of ether oxygens (including phenoxy) is 1. The van der Waals surface area contributed by atoms with E-state index >= 15 is 0 Å². The van der Waals surface area contributed by atoms with E-state index in [9.17, 15) is 9.59 Å². The molecule has 0 radical (unpaired) electrons. The van der Waals surface area contributed by atoms with Crippen LogP contribution in [-0.4, -0.2) is 29.1 Å². The molecule has 122 valence electrons. The molecule has 2 aromatic carbocycles. The van der Waals surface area contributed by atoms with Crippen LogP contribution < -0.4 is 15.4 Å². The van der Waals surface area contributed by atoms with Crippen LogP contribution in [0.1, 0.15) is 17.3 Å². The summed E-state index contributed by atoms with van der Waals surface area (Å²) in [6.07, 6.45) is 0. The number of anilines is 2. The maximum Gasteiger partial charge on any atom is 0.324 e. The van der Waals surface area contributed by atoms with Gasteiger partial charge in [-0.25, -0.2) is 4.79 Å². The van der Waals surface area contributed by atoms with Crippen LogP contribution in [0, 0.1) is 0 Å². The third-order valence-electron chi connectivity index (χ3n) is 3.55. The molecule has 7 nitrogen and oxygen atoms in total. The number of aromatic amines is 1. The number of hydrogen-bond donors (Lipinski definition) is 3. The van der Waals surface area contributed by atoms with E-state index in [-0.39, 0.29) is 5.78 Å². The van der Waals surface area contributed by atoms with Crippen LogP contribution in [0.25, 0.3) is 10.9 Å². The topological polar surface area (TPSA) is 96.1 Å². The fourth-order valence-electron chi connectivity index (χ4n) is 2.27. The number of methoxy groups -OCH3 is 1. The standard InChI is InChI=1S/C17H16N4O3/c1-10(22)11-3-5-12(6-4-11)18-17(23)19-16-14-9-13(24-2)7-8-15(14)20-21-16/h3-9H,1-2H3,(H3,18,19,20,21,23). The first-order valence-corrected chi connectivity index (χ1v) is 7.28. The lowest BCUT2D eigenvalue weighted by atomic mass is 10.1. The first kappa shape index (κ1) is 15.5. The Morgan fingerprint density at radius 2 is 1.83 bits per heavy atom. The summed E-state index contributed by atoms with van der Waals surface area (Å²) in [7, 11) is 1.58. The van der Waals surface area contributed by atoms with Gasteiger partial charge in [0.05, 0.1) is 12.6 Å². The number of fused-ring (bicyclic) bond motifs is 1. The van der Waals surface area contributed by atoms with Crippen molar-refractivity contribution in [1.29, 1.82) is 0 Å². The summed E-state index contributed by atoms with van der Waals surface area (Å²) < 4.78 is 5.18. The van der Waals surface area contributed by atoms with Gasteiger partial charge < -0.3 is 10.1 Å². The predicted molar refractivity (Wildman–Crippen MR) is 91.7 cm³/mol. The first-order chi connectivity index (χ1) is 11.6. The van der Waals surface area contributed by atoms with Crippen LogP contribution in [0.4, 0.5) is 16.3 Å². The first-order valence-electron chi connectivity index (χ1n) is 7.28. The Hall–Kier alpha value is -3.35. The minimum Gasteiger partial charge on any atom is -0.497 e. The van der Waals surface area contributed by atoms with Gasteiger partial charge >= 0.3 is 6.03 Å². The average Bonchev–Trinajstić information content (AvgIpc) is 2.97. The van der Waals surface area contributed by atoms with Crippen LogP contribution in [0.5, 0.6) is 5.75 Å². The van der Waals surface area contributed by atoms with E-state index in [0.717, 1.165) is 10.9 Å². The highest BCUT2D eigenvalue weighted by molar-refractivity contribution is 6.05. The number of benzene rings is 2. The quantitative estimate of drug-likeness (QED) is 0.641. The number of Topliss-reactive ketones (excluding diaryl/α,β-unsaturated/α-hetero) is 1. The number of amides is 2. The van der Waals surface area contributed by atoms with Crippen LogP contribution >= 0.6 is 0 Å². The SMILES string of the molecule is COc1ccc2[nH]nc(NC(=O)Nc3ccc(C(C)=O)cc3)c2c1. The van der Waals surface area contributed by atoms with Crippen molar-refractivity contribution in [3.05, 3.63) is 48.0 Å². The molecule has 1 heterocycles. The Kier molecular flexibility index (Phi) is 4.15. The molecule has 3 rings (SSSR count). The summed E-state index contributed by atoms with van der Waals surface area (Å²) in [6, 6.07) is 11.6. The van der Waals surface area contributed by atoms with Crippen LogP contribution in [0.3, 0.4) is 0 Å². The summed E-state index contributed by atoms with van der Waals surface area (Å²) >= 11 is 0. The number of aromatic nitrogens is 2. The molecule has 0 spiro atoms. The Labute approximate surface area is 138 Å². The fraction of sp³-hybridized carbons (Fsp3) is 0.118. The van der Waals surface area contributed by atoms with E-state index in [1.807, 2.05) is 6.07 Å². The van der Waals surface area contributed by atoms with Crippen LogP contribution in [0.2, 0.25) is 0 Å². The van der Waals surface area contributed by atoms with Crippen molar-refractivity contribution in [2.24, 2.45) is 0 Å². The molecule has 0 aliphatic rings. The van der Waals surface area contributed by atoms with Gasteiger partial charge in [-0.1, -0.05) is 0 Å². The number of rotatable bonds is 4. The van der Waals surface area contributed by atoms with Crippen molar-refractivity contribution in [1.82, 2.24) is 10.2 Å². The Morgan fingerprint density at radius 3 is 2.50 bits per heavy atom. The second-order valence-corrected chi connectivity index (χ2v) is 5.20. The highest BCUT2D eigenvalue weighted by Gasteiger charge is 2.10. The number of H-pyrrole nitrogens is 1. The van der Waals surface area contributed by atoms with Gasteiger partial charge in [0.15, 0.2) is 11.6 Å². The highest BCUT2D eigenvalue weighted by atomic mass is 16.5. The van der Waals surface area contributed by atoms with Gasteiger partial charge in [0.1, 0.15) is 5.75 Å². The van der Waals surface area contributed by atoms with E-state index in [1.54, 1.807) is 43.5 Å². The van der Waals surface area contributed by atoms with Gasteiger partial charge in [-0.2, -0.15) is 5.10 Å². The Balaban J connectivity index is 1.74. The molecule has 0 saturated heterocycles. The molecule has 0 bridgehead atoms. The predicted octanol–water partition coefficient (Wildman–Crippen LogP) is 3.42. The second-order valence-electron chi connectivity index (χ2n) is 5.20. The number of carbonyl (C=O) groups excluding carboxylic acids is 2. The lowest BCUT2D eigenvalue weighted by Gasteiger charge is -2.07. The number of ketones is 1. The molecule has 0 atom stereocenters. The van der Waals surface area contributed by atoms with Crippen molar-refractivity contribution in [2.75, 3.05) is 17.7 Å². The molecule has 0 saturated carbocycles. The maximum atomic E-state index is 12.1. The van der Waals surface area contributed by atoms with Crippen LogP contribution in [0.15, 0.2) is 42.5 Å². The monoisotopic (exact) mass is 324 g/mol. The zero-order valence-electron chi connectivity index (χ0n) is 13.2. The molecular formula is C17H16N4O3. The van der Waals surface area contributed by atoms with Crippen molar-refractivity contribution in [2.45, 2.75) is 6.92 Å². The van der Waals surface area contributed by atoms with Gasteiger partial charge in [-0.3, -0.25) is 15.2 Å². The van der Waals surface area contributed by atoms with E-state index in [1.165, 1.54) is 6.92 Å². The molecule has 3 N–H and O–H groups in total. The van der Waals surface area contributed by atoms with Crippen LogP contribution in [-0.2, 0) is 0 Å². The van der Waals surface area contributed by atoms with E-state index in [2.05, 4.69) is 20.8 Å². The summed E-state index contributed by atoms with van der Waals surface area (Å²) in [5, 5.41) is 13.1. The molecule has 0 aliphatic carbocycles. The average molecular weight is 324 g/mol. The molecule has 24 heavy (non-hydrogen) atoms. The molecule has 2 amide bonds. The third-order valence-corrected chi connectivity index (χ3v) is 3.55. The van der Waals surface area contributed by atoms with Gasteiger partial charge in [0.2, 0.25) is 0 Å².